The van der Waals surface area contributed by atoms with Crippen molar-refractivity contribution in [1.82, 2.24) is 24.7 Å². The fraction of sp³-hybridized carbons (Fsp3) is 0.214. The molecule has 0 aliphatic rings. The minimum atomic E-state index is -0.355. The van der Waals surface area contributed by atoms with Gasteiger partial charge in [-0.2, -0.15) is 5.10 Å². The van der Waals surface area contributed by atoms with Crippen molar-refractivity contribution in [2.24, 2.45) is 0 Å². The summed E-state index contributed by atoms with van der Waals surface area (Å²) in [7, 11) is 0. The lowest BCUT2D eigenvalue weighted by Gasteiger charge is -2.06. The number of rotatable bonds is 4. The van der Waals surface area contributed by atoms with Gasteiger partial charge in [0.15, 0.2) is 0 Å². The van der Waals surface area contributed by atoms with Gasteiger partial charge in [0, 0.05) is 22.0 Å². The molecule has 3 aromatic rings. The van der Waals surface area contributed by atoms with Crippen LogP contribution in [0.3, 0.4) is 0 Å². The van der Waals surface area contributed by atoms with Gasteiger partial charge in [-0.3, -0.25) is 0 Å². The molecule has 0 bridgehead atoms. The number of hydrogen-bond acceptors (Lipinski definition) is 5. The number of thioether (sulfide) groups is 1. The van der Waals surface area contributed by atoms with Crippen molar-refractivity contribution < 1.29 is 4.39 Å². The molecule has 0 radical (unpaired) electrons. The van der Waals surface area contributed by atoms with E-state index in [9.17, 15) is 4.39 Å². The van der Waals surface area contributed by atoms with E-state index in [2.05, 4.69) is 15.3 Å². The quantitative estimate of drug-likeness (QED) is 0.577. The molecule has 2 heterocycles. The topological polar surface area (TPSA) is 74.5 Å². The second-order valence-electron chi connectivity index (χ2n) is 4.98. The van der Waals surface area contributed by atoms with E-state index in [4.69, 9.17) is 17.4 Å². The first-order chi connectivity index (χ1) is 11.0. The zero-order valence-corrected chi connectivity index (χ0v) is 14.1. The van der Waals surface area contributed by atoms with Crippen LogP contribution in [-0.4, -0.2) is 24.7 Å². The van der Waals surface area contributed by atoms with E-state index in [1.54, 1.807) is 16.8 Å². The SMILES string of the molecule is Cc1cc(C)n(-c2nnc(SCc3c(F)cccc3Cl)n2N)n1. The number of hydrogen-bond donors (Lipinski definition) is 1. The highest BCUT2D eigenvalue weighted by Crippen LogP contribution is 2.27. The summed E-state index contributed by atoms with van der Waals surface area (Å²) in [5, 5.41) is 13.2. The van der Waals surface area contributed by atoms with Gasteiger partial charge in [-0.15, -0.1) is 10.2 Å². The standard InChI is InChI=1S/C14H14ClFN6S/c1-8-6-9(2)22(20-8)13-18-19-14(21(13)17)23-7-10-11(15)4-3-5-12(10)16/h3-6H,7,17H2,1-2H3. The molecule has 23 heavy (non-hydrogen) atoms. The number of aryl methyl sites for hydroxylation is 2. The maximum atomic E-state index is 13.8. The Hall–Kier alpha value is -2.06. The molecule has 2 aromatic heterocycles. The van der Waals surface area contributed by atoms with E-state index in [1.807, 2.05) is 19.9 Å². The summed E-state index contributed by atoms with van der Waals surface area (Å²) < 4.78 is 16.7. The molecular weight excluding hydrogens is 339 g/mol. The highest BCUT2D eigenvalue weighted by atomic mass is 35.5. The molecule has 120 valence electrons. The third-order valence-corrected chi connectivity index (χ3v) is 4.58. The predicted octanol–water partition coefficient (Wildman–Crippen LogP) is 2.88. The van der Waals surface area contributed by atoms with Gasteiger partial charge in [0.25, 0.3) is 5.95 Å². The van der Waals surface area contributed by atoms with Gasteiger partial charge in [-0.25, -0.2) is 13.7 Å². The van der Waals surface area contributed by atoms with Gasteiger partial charge < -0.3 is 5.84 Å². The van der Waals surface area contributed by atoms with Crippen LogP contribution in [0.2, 0.25) is 5.02 Å². The maximum Gasteiger partial charge on any atom is 0.271 e. The first-order valence-corrected chi connectivity index (χ1v) is 8.13. The van der Waals surface area contributed by atoms with Crippen LogP contribution in [0.4, 0.5) is 4.39 Å². The number of nitrogen functional groups attached to an aromatic ring is 1. The lowest BCUT2D eigenvalue weighted by molar-refractivity contribution is 0.617. The fourth-order valence-corrected chi connectivity index (χ4v) is 3.35. The van der Waals surface area contributed by atoms with Gasteiger partial charge >= 0.3 is 0 Å². The van der Waals surface area contributed by atoms with Gasteiger partial charge in [-0.1, -0.05) is 29.4 Å². The van der Waals surface area contributed by atoms with Gasteiger partial charge in [0.1, 0.15) is 5.82 Å². The molecule has 0 spiro atoms. The highest BCUT2D eigenvalue weighted by Gasteiger charge is 2.16. The number of aromatic nitrogens is 5. The summed E-state index contributed by atoms with van der Waals surface area (Å²) in [6.07, 6.45) is 0. The Morgan fingerprint density at radius 3 is 2.74 bits per heavy atom. The van der Waals surface area contributed by atoms with Crippen molar-refractivity contribution in [3.8, 4) is 5.95 Å². The predicted molar refractivity (Wildman–Crippen MR) is 87.7 cm³/mol. The summed E-state index contributed by atoms with van der Waals surface area (Å²) in [6.45, 7) is 3.79. The molecule has 0 unspecified atom stereocenters. The Balaban J connectivity index is 1.84. The second kappa shape index (κ2) is 6.21. The van der Waals surface area contributed by atoms with E-state index in [0.29, 0.717) is 27.4 Å². The average Bonchev–Trinajstić information content (AvgIpc) is 3.01. The van der Waals surface area contributed by atoms with Crippen LogP contribution in [0.1, 0.15) is 17.0 Å². The molecule has 0 saturated carbocycles. The van der Waals surface area contributed by atoms with E-state index in [1.165, 1.54) is 22.5 Å². The van der Waals surface area contributed by atoms with E-state index < -0.39 is 0 Å². The Bertz CT molecular complexity index is 839. The molecule has 1 aromatic carbocycles. The zero-order valence-electron chi connectivity index (χ0n) is 12.5. The molecule has 0 aliphatic heterocycles. The third kappa shape index (κ3) is 3.04. The normalized spacial score (nSPS) is 11.1. The fourth-order valence-electron chi connectivity index (χ4n) is 2.15. The van der Waals surface area contributed by atoms with Gasteiger partial charge in [-0.05, 0) is 32.0 Å². The summed E-state index contributed by atoms with van der Waals surface area (Å²) in [5.41, 5.74) is 2.17. The van der Waals surface area contributed by atoms with Crippen LogP contribution < -0.4 is 5.84 Å². The molecule has 0 atom stereocenters. The highest BCUT2D eigenvalue weighted by molar-refractivity contribution is 7.98. The van der Waals surface area contributed by atoms with Crippen LogP contribution in [0.25, 0.3) is 5.95 Å². The number of halogens is 2. The Morgan fingerprint density at radius 2 is 2.09 bits per heavy atom. The molecule has 0 amide bonds. The minimum absolute atomic E-state index is 0.304. The molecule has 0 aliphatic carbocycles. The molecule has 6 nitrogen and oxygen atoms in total. The first kappa shape index (κ1) is 15.8. The largest absolute Gasteiger partial charge is 0.334 e. The van der Waals surface area contributed by atoms with Crippen LogP contribution >= 0.6 is 23.4 Å². The van der Waals surface area contributed by atoms with Gasteiger partial charge in [0.2, 0.25) is 5.16 Å². The molecule has 2 N–H and O–H groups in total. The summed E-state index contributed by atoms with van der Waals surface area (Å²) >= 11 is 7.27. The molecule has 0 saturated heterocycles. The van der Waals surface area contributed by atoms with Crippen molar-refractivity contribution in [3.05, 3.63) is 52.1 Å². The zero-order chi connectivity index (χ0) is 16.6. The van der Waals surface area contributed by atoms with Crippen LogP contribution in [0.15, 0.2) is 29.4 Å². The number of nitrogens with two attached hydrogens (primary N) is 1. The van der Waals surface area contributed by atoms with Crippen molar-refractivity contribution in [2.45, 2.75) is 24.8 Å². The minimum Gasteiger partial charge on any atom is -0.334 e. The summed E-state index contributed by atoms with van der Waals surface area (Å²) in [4.78, 5) is 0. The van der Waals surface area contributed by atoms with Crippen molar-refractivity contribution in [3.63, 3.8) is 0 Å². The lowest BCUT2D eigenvalue weighted by Crippen LogP contribution is -2.17. The smallest absolute Gasteiger partial charge is 0.271 e. The van der Waals surface area contributed by atoms with Crippen molar-refractivity contribution in [1.29, 1.82) is 0 Å². The van der Waals surface area contributed by atoms with E-state index in [-0.39, 0.29) is 5.82 Å². The average molecular weight is 353 g/mol. The van der Waals surface area contributed by atoms with E-state index in [0.717, 1.165) is 11.4 Å². The van der Waals surface area contributed by atoms with Crippen LogP contribution in [0.5, 0.6) is 0 Å². The van der Waals surface area contributed by atoms with Crippen LogP contribution in [0, 0.1) is 19.7 Å². The Labute approximate surface area is 141 Å². The molecule has 0 fully saturated rings. The molecule has 3 rings (SSSR count). The lowest BCUT2D eigenvalue weighted by atomic mass is 10.2. The summed E-state index contributed by atoms with van der Waals surface area (Å²) in [5.74, 6) is 6.39. The van der Waals surface area contributed by atoms with Gasteiger partial charge in [0.05, 0.1) is 5.69 Å². The van der Waals surface area contributed by atoms with Crippen LogP contribution in [-0.2, 0) is 5.75 Å². The number of benzene rings is 1. The monoisotopic (exact) mass is 352 g/mol. The Morgan fingerprint density at radius 1 is 1.30 bits per heavy atom. The summed E-state index contributed by atoms with van der Waals surface area (Å²) in [6, 6.07) is 6.50. The molecular formula is C14H14ClFN6S. The van der Waals surface area contributed by atoms with Crippen molar-refractivity contribution in [2.75, 3.05) is 5.84 Å². The Kier molecular flexibility index (Phi) is 4.27. The van der Waals surface area contributed by atoms with E-state index >= 15 is 0 Å². The second-order valence-corrected chi connectivity index (χ2v) is 6.33. The number of nitrogens with zero attached hydrogens (tertiary/aromatic N) is 5. The van der Waals surface area contributed by atoms with Crippen molar-refractivity contribution >= 4 is 23.4 Å². The third-order valence-electron chi connectivity index (χ3n) is 3.25. The maximum absolute atomic E-state index is 13.8. The first-order valence-electron chi connectivity index (χ1n) is 6.77. The molecule has 9 heteroatoms.